The van der Waals surface area contributed by atoms with E-state index in [4.69, 9.17) is 74.1 Å². The minimum Gasteiger partial charge on any atom is -0.476 e. The first-order valence-electron chi connectivity index (χ1n) is 20.7. The number of oxazole rings is 2. The summed E-state index contributed by atoms with van der Waals surface area (Å²) in [5, 5.41) is 89.5. The molecule has 0 aliphatic carbocycles. The van der Waals surface area contributed by atoms with Gasteiger partial charge in [0, 0.05) is 30.8 Å². The van der Waals surface area contributed by atoms with Gasteiger partial charge in [0.05, 0.1) is 50.5 Å². The van der Waals surface area contributed by atoms with Gasteiger partial charge in [0.25, 0.3) is 17.8 Å². The Bertz CT molecular complexity index is 2640. The summed E-state index contributed by atoms with van der Waals surface area (Å²) >= 11 is 10.8. The SMILES string of the molecule is Cc1ccc(-c2cnc(N)o2)cc1.Cc1ccc(-c2cnc(Nc3ccc(C(=O)NC[C@@H](O)CO)nn3)o2)cc1.NC[C@@H](O)CO.O=C(NC[C@@H](O)CO)c1ccc(Cl)nn1.O=C(O)c1ccc(Cl)nn1. The lowest BCUT2D eigenvalue weighted by atomic mass is 10.1. The largest absolute Gasteiger partial charge is 0.476 e. The number of aromatic carboxylic acids is 1. The number of carbonyl (C=O) groups is 3. The zero-order chi connectivity index (χ0) is 52.3. The average molecular weight is 1020 g/mol. The molecule has 25 nitrogen and oxygen atoms in total. The van der Waals surface area contributed by atoms with Gasteiger partial charge in [-0.1, -0.05) is 82.9 Å². The third-order valence-electron chi connectivity index (χ3n) is 8.45. The number of nitrogen functional groups attached to an aromatic ring is 1. The van der Waals surface area contributed by atoms with Crippen LogP contribution in [0.15, 0.2) is 106 Å². The summed E-state index contributed by atoms with van der Waals surface area (Å²) < 4.78 is 10.8. The fourth-order valence-electron chi connectivity index (χ4n) is 4.62. The van der Waals surface area contributed by atoms with Crippen LogP contribution < -0.4 is 27.4 Å². The van der Waals surface area contributed by atoms with E-state index in [1.54, 1.807) is 18.5 Å². The molecule has 14 N–H and O–H groups in total. The lowest BCUT2D eigenvalue weighted by Gasteiger charge is -2.08. The number of carboxylic acids is 1. The molecule has 0 saturated heterocycles. The number of nitrogens with one attached hydrogen (secondary N) is 3. The highest BCUT2D eigenvalue weighted by molar-refractivity contribution is 6.29. The van der Waals surface area contributed by atoms with Crippen LogP contribution in [0.25, 0.3) is 22.6 Å². The summed E-state index contributed by atoms with van der Waals surface area (Å²) in [7, 11) is 0. The molecule has 0 aliphatic rings. The number of anilines is 3. The zero-order valence-corrected chi connectivity index (χ0v) is 39.4. The van der Waals surface area contributed by atoms with Gasteiger partial charge in [-0.2, -0.15) is 0 Å². The van der Waals surface area contributed by atoms with Crippen LogP contribution in [0.1, 0.15) is 42.6 Å². The monoisotopic (exact) mass is 1020 g/mol. The number of benzene rings is 2. The summed E-state index contributed by atoms with van der Waals surface area (Å²) in [5.74, 6) is -0.407. The van der Waals surface area contributed by atoms with Gasteiger partial charge in [0.2, 0.25) is 0 Å². The van der Waals surface area contributed by atoms with Crippen molar-refractivity contribution in [3.05, 3.63) is 136 Å². The second kappa shape index (κ2) is 30.8. The van der Waals surface area contributed by atoms with Gasteiger partial charge < -0.3 is 66.7 Å². The van der Waals surface area contributed by atoms with Crippen molar-refractivity contribution in [3.8, 4) is 22.6 Å². The number of halogens is 2. The Morgan fingerprint density at radius 3 is 1.39 bits per heavy atom. The van der Waals surface area contributed by atoms with Crippen LogP contribution in [0.3, 0.4) is 0 Å². The van der Waals surface area contributed by atoms with Crippen molar-refractivity contribution in [1.82, 2.24) is 51.2 Å². The number of nitrogens with two attached hydrogens (primary N) is 2. The van der Waals surface area contributed by atoms with E-state index < -0.39 is 49.3 Å². The van der Waals surface area contributed by atoms with Crippen LogP contribution in [0.4, 0.5) is 17.8 Å². The minimum absolute atomic E-state index is 0.0420. The molecule has 2 aromatic carbocycles. The summed E-state index contributed by atoms with van der Waals surface area (Å²) in [4.78, 5) is 41.3. The van der Waals surface area contributed by atoms with E-state index in [0.29, 0.717) is 17.3 Å². The number of nitrogens with zero attached hydrogens (tertiary/aromatic N) is 8. The molecule has 5 heterocycles. The number of amides is 2. The number of aliphatic hydroxyl groups excluding tert-OH is 6. The van der Waals surface area contributed by atoms with Crippen molar-refractivity contribution in [2.45, 2.75) is 32.2 Å². The number of hydrogen-bond donors (Lipinski definition) is 12. The van der Waals surface area contributed by atoms with Crippen LogP contribution in [0.2, 0.25) is 10.3 Å². The number of rotatable bonds is 15. The maximum absolute atomic E-state index is 11.9. The van der Waals surface area contributed by atoms with Gasteiger partial charge in [-0.25, -0.2) is 14.8 Å². The van der Waals surface area contributed by atoms with Crippen LogP contribution in [-0.4, -0.2) is 152 Å². The molecule has 0 aliphatic heterocycles. The van der Waals surface area contributed by atoms with E-state index in [9.17, 15) is 19.5 Å². The van der Waals surface area contributed by atoms with E-state index in [2.05, 4.69) is 56.5 Å². The Kier molecular flexibility index (Phi) is 25.0. The topological polar surface area (TPSA) is 410 Å². The van der Waals surface area contributed by atoms with Crippen LogP contribution in [0.5, 0.6) is 0 Å². The zero-order valence-electron chi connectivity index (χ0n) is 37.9. The third kappa shape index (κ3) is 21.7. The average Bonchev–Trinajstić information content (AvgIpc) is 4.05. The first kappa shape index (κ1) is 57.7. The van der Waals surface area contributed by atoms with Crippen LogP contribution in [0, 0.1) is 13.8 Å². The smallest absolute Gasteiger partial charge is 0.356 e. The molecule has 0 bridgehead atoms. The molecular formula is C44H51Cl2N13O12. The lowest BCUT2D eigenvalue weighted by Crippen LogP contribution is -2.34. The van der Waals surface area contributed by atoms with Gasteiger partial charge in [0.1, 0.15) is 0 Å². The van der Waals surface area contributed by atoms with E-state index >= 15 is 0 Å². The molecule has 7 aromatic rings. The molecular weight excluding hydrogens is 973 g/mol. The molecule has 5 aromatic heterocycles. The van der Waals surface area contributed by atoms with E-state index in [-0.39, 0.29) is 65.7 Å². The highest BCUT2D eigenvalue weighted by atomic mass is 35.5. The third-order valence-corrected chi connectivity index (χ3v) is 8.85. The van der Waals surface area contributed by atoms with Crippen molar-refractivity contribution in [3.63, 3.8) is 0 Å². The molecule has 0 radical (unpaired) electrons. The Balaban J connectivity index is 0.000000257. The number of carboxylic acid groups (broad SMARTS) is 1. The van der Waals surface area contributed by atoms with Gasteiger partial charge in [-0.15, -0.1) is 30.6 Å². The predicted molar refractivity (Wildman–Crippen MR) is 257 cm³/mol. The number of carbonyl (C=O) groups excluding carboxylic acids is 2. The normalized spacial score (nSPS) is 11.5. The van der Waals surface area contributed by atoms with Gasteiger partial charge in [0.15, 0.2) is 44.7 Å². The van der Waals surface area contributed by atoms with E-state index in [1.165, 1.54) is 35.9 Å². The summed E-state index contributed by atoms with van der Waals surface area (Å²) in [6.07, 6.45) is 0.504. The standard InChI is InChI=1S/C18H19N5O4.C10H10N2O.C8H10ClN3O3.C5H3ClN2O2.C3H9NO2/c1-11-2-4-12(5-3-11)15-9-20-18(27-15)21-16-7-6-14(22-23-16)17(26)19-8-13(25)10-24;1-7-2-4-8(5-3-7)9-6-12-10(11)13-9;9-7-2-1-6(11-12-7)8(15)10-3-5(14)4-13;6-4-2-1-3(5(9)10)7-8-4;4-1-3(6)2-5/h2-7,9,13,24-25H,8,10H2,1H3,(H,19,26)(H,20,21,23);2-6H,1H3,(H2,11,12);1-2,5,13-14H,3-4H2,(H,10,15);1-2H,(H,9,10);3,5-6H,1-2,4H2/t13-;;5-;;3-/m1.1.1/s1. The molecule has 0 fully saturated rings. The van der Waals surface area contributed by atoms with Crippen molar-refractivity contribution >= 4 is 58.8 Å². The molecule has 0 unspecified atom stereocenters. The van der Waals surface area contributed by atoms with Crippen molar-refractivity contribution in [2.75, 3.05) is 50.5 Å². The van der Waals surface area contributed by atoms with Gasteiger partial charge in [-0.05, 0) is 50.2 Å². The highest BCUT2D eigenvalue weighted by Crippen LogP contribution is 2.24. The number of aliphatic hydroxyl groups is 6. The molecule has 0 saturated carbocycles. The highest BCUT2D eigenvalue weighted by Gasteiger charge is 2.13. The lowest BCUT2D eigenvalue weighted by molar-refractivity contribution is 0.0688. The van der Waals surface area contributed by atoms with Crippen LogP contribution >= 0.6 is 23.2 Å². The van der Waals surface area contributed by atoms with Crippen molar-refractivity contribution < 1.29 is 59.0 Å². The molecule has 71 heavy (non-hydrogen) atoms. The first-order valence-corrected chi connectivity index (χ1v) is 21.5. The second-order valence-electron chi connectivity index (χ2n) is 14.2. The number of aromatic nitrogens is 8. The summed E-state index contributed by atoms with van der Waals surface area (Å²) in [5.41, 5.74) is 14.6. The number of hydrogen-bond acceptors (Lipinski definition) is 22. The molecule has 0 spiro atoms. The second-order valence-corrected chi connectivity index (χ2v) is 15.0. The van der Waals surface area contributed by atoms with Crippen molar-refractivity contribution in [1.29, 1.82) is 0 Å². The number of aryl methyl sites for hydroxylation is 2. The Morgan fingerprint density at radius 2 is 1.03 bits per heavy atom. The maximum atomic E-state index is 11.9. The summed E-state index contributed by atoms with van der Waals surface area (Å²) in [6, 6.07) is 24.9. The Labute approximate surface area is 414 Å². The summed E-state index contributed by atoms with van der Waals surface area (Å²) in [6.45, 7) is 2.98. The molecule has 3 atom stereocenters. The first-order chi connectivity index (χ1) is 33.9. The predicted octanol–water partition coefficient (Wildman–Crippen LogP) is 1.84. The minimum atomic E-state index is -1.11. The Morgan fingerprint density at radius 1 is 0.592 bits per heavy atom. The molecule has 7 rings (SSSR count). The molecule has 2 amide bonds. The molecule has 378 valence electrons. The Hall–Kier alpha value is -7.59. The molecule has 27 heteroatoms. The fraction of sp³-hybridized carbons (Fsp3) is 0.250. The van der Waals surface area contributed by atoms with Gasteiger partial charge >= 0.3 is 12.0 Å². The fourth-order valence-corrected chi connectivity index (χ4v) is 4.83. The van der Waals surface area contributed by atoms with E-state index in [0.717, 1.165) is 16.7 Å². The van der Waals surface area contributed by atoms with E-state index in [1.807, 2.05) is 62.4 Å². The maximum Gasteiger partial charge on any atom is 0.356 e. The van der Waals surface area contributed by atoms with Gasteiger partial charge in [-0.3, -0.25) is 14.9 Å². The quantitative estimate of drug-likeness (QED) is 0.0697. The van der Waals surface area contributed by atoms with Crippen LogP contribution in [-0.2, 0) is 0 Å². The van der Waals surface area contributed by atoms with Crippen molar-refractivity contribution in [2.24, 2.45) is 5.73 Å².